The van der Waals surface area contributed by atoms with Gasteiger partial charge in [-0.15, -0.1) is 0 Å². The predicted molar refractivity (Wildman–Crippen MR) is 56.9 cm³/mol. The lowest BCUT2D eigenvalue weighted by Gasteiger charge is -2.18. The van der Waals surface area contributed by atoms with Gasteiger partial charge in [0.15, 0.2) is 6.04 Å². The van der Waals surface area contributed by atoms with E-state index in [-0.39, 0.29) is 12.3 Å². The highest BCUT2D eigenvalue weighted by Gasteiger charge is 2.25. The zero-order valence-electron chi connectivity index (χ0n) is 9.77. The highest BCUT2D eigenvalue weighted by molar-refractivity contribution is 5.84. The lowest BCUT2D eigenvalue weighted by Crippen LogP contribution is -2.48. The number of carboxylic acids is 1. The molecule has 16 heavy (non-hydrogen) atoms. The van der Waals surface area contributed by atoms with Crippen molar-refractivity contribution in [1.82, 2.24) is 5.32 Å². The summed E-state index contributed by atoms with van der Waals surface area (Å²) in [5.41, 5.74) is 0. The lowest BCUT2D eigenvalue weighted by molar-refractivity contribution is -0.145. The van der Waals surface area contributed by atoms with E-state index >= 15 is 0 Å². The predicted octanol–water partition coefficient (Wildman–Crippen LogP) is -0.391. The molecule has 0 heterocycles. The molecule has 0 radical (unpaired) electrons. The molecule has 0 spiro atoms. The molecular formula is C10H19NO5. The number of nitrogens with one attached hydrogen (secondary N) is 1. The van der Waals surface area contributed by atoms with Crippen LogP contribution in [0.5, 0.6) is 0 Å². The summed E-state index contributed by atoms with van der Waals surface area (Å²) in [7, 11) is 1.53. The van der Waals surface area contributed by atoms with Gasteiger partial charge in [0, 0.05) is 20.1 Å². The van der Waals surface area contributed by atoms with Crippen molar-refractivity contribution in [1.29, 1.82) is 0 Å². The van der Waals surface area contributed by atoms with Crippen LogP contribution < -0.4 is 5.32 Å². The van der Waals surface area contributed by atoms with E-state index in [0.717, 1.165) is 0 Å². The number of hydrogen-bond donors (Lipinski definition) is 3. The molecule has 6 heteroatoms. The van der Waals surface area contributed by atoms with Gasteiger partial charge >= 0.3 is 5.97 Å². The zero-order chi connectivity index (χ0) is 12.7. The molecule has 0 aromatic heterocycles. The van der Waals surface area contributed by atoms with Crippen LogP contribution in [-0.4, -0.2) is 48.0 Å². The summed E-state index contributed by atoms with van der Waals surface area (Å²) in [6.07, 6.45) is -0.955. The van der Waals surface area contributed by atoms with Crippen LogP contribution in [0.3, 0.4) is 0 Å². The van der Waals surface area contributed by atoms with Crippen molar-refractivity contribution in [3.8, 4) is 0 Å². The van der Waals surface area contributed by atoms with Crippen molar-refractivity contribution in [2.75, 3.05) is 13.7 Å². The number of carbonyl (C=O) groups is 2. The third kappa shape index (κ3) is 5.67. The Kier molecular flexibility index (Phi) is 6.67. The van der Waals surface area contributed by atoms with Gasteiger partial charge in [0.25, 0.3) is 0 Å². The number of aliphatic carboxylic acids is 1. The highest BCUT2D eigenvalue weighted by atomic mass is 16.5. The summed E-state index contributed by atoms with van der Waals surface area (Å²) < 4.78 is 4.86. The van der Waals surface area contributed by atoms with Crippen molar-refractivity contribution in [3.63, 3.8) is 0 Å². The van der Waals surface area contributed by atoms with Crippen molar-refractivity contribution in [2.45, 2.75) is 32.4 Å². The molecular weight excluding hydrogens is 214 g/mol. The number of ether oxygens (including phenoxy) is 1. The Hall–Kier alpha value is -1.14. The Morgan fingerprint density at radius 1 is 1.38 bits per heavy atom. The quantitative estimate of drug-likeness (QED) is 0.556. The largest absolute Gasteiger partial charge is 0.480 e. The summed E-state index contributed by atoms with van der Waals surface area (Å²) in [4.78, 5) is 22.1. The van der Waals surface area contributed by atoms with Crippen molar-refractivity contribution in [2.24, 2.45) is 5.92 Å². The summed E-state index contributed by atoms with van der Waals surface area (Å²) in [6, 6.07) is -1.26. The van der Waals surface area contributed by atoms with E-state index in [2.05, 4.69) is 5.32 Å². The molecule has 3 atom stereocenters. The second kappa shape index (κ2) is 7.19. The number of aliphatic hydroxyl groups is 1. The molecule has 94 valence electrons. The summed E-state index contributed by atoms with van der Waals surface area (Å²) >= 11 is 0. The number of carboxylic acid groups (broad SMARTS) is 1. The molecule has 0 aromatic rings. The van der Waals surface area contributed by atoms with Gasteiger partial charge in [-0.2, -0.15) is 0 Å². The topological polar surface area (TPSA) is 95.9 Å². The van der Waals surface area contributed by atoms with E-state index < -0.39 is 24.0 Å². The van der Waals surface area contributed by atoms with Gasteiger partial charge < -0.3 is 20.3 Å². The summed E-state index contributed by atoms with van der Waals surface area (Å²) in [6.45, 7) is 3.57. The first kappa shape index (κ1) is 14.9. The molecule has 0 saturated heterocycles. The van der Waals surface area contributed by atoms with Crippen molar-refractivity contribution < 1.29 is 24.5 Å². The minimum Gasteiger partial charge on any atom is -0.480 e. The average molecular weight is 233 g/mol. The Balaban J connectivity index is 4.15. The van der Waals surface area contributed by atoms with E-state index in [0.29, 0.717) is 6.61 Å². The minimum atomic E-state index is -1.26. The summed E-state index contributed by atoms with van der Waals surface area (Å²) in [5.74, 6) is -1.64. The fourth-order valence-electron chi connectivity index (χ4n) is 1.28. The first-order valence-electron chi connectivity index (χ1n) is 5.07. The Labute approximate surface area is 94.6 Å². The average Bonchev–Trinajstić information content (AvgIpc) is 2.13. The van der Waals surface area contributed by atoms with Crippen LogP contribution in [0.1, 0.15) is 20.3 Å². The molecule has 3 unspecified atom stereocenters. The Bertz CT molecular complexity index is 241. The maximum Gasteiger partial charge on any atom is 0.328 e. The molecule has 0 aromatic carbocycles. The maximum absolute atomic E-state index is 11.4. The Morgan fingerprint density at radius 3 is 2.31 bits per heavy atom. The van der Waals surface area contributed by atoms with Crippen LogP contribution in [0.15, 0.2) is 0 Å². The van der Waals surface area contributed by atoms with Gasteiger partial charge in [0.05, 0.1) is 6.10 Å². The monoisotopic (exact) mass is 233 g/mol. The normalized spacial score (nSPS) is 16.2. The lowest BCUT2D eigenvalue weighted by atomic mass is 10.1. The number of amides is 1. The second-order valence-electron chi connectivity index (χ2n) is 3.89. The van der Waals surface area contributed by atoms with Crippen LogP contribution in [0.25, 0.3) is 0 Å². The highest BCUT2D eigenvalue weighted by Crippen LogP contribution is 2.03. The smallest absolute Gasteiger partial charge is 0.328 e. The first-order valence-corrected chi connectivity index (χ1v) is 5.07. The SMILES string of the molecule is COCC(C)CC(=O)NC(C(=O)O)C(C)O. The third-order valence-electron chi connectivity index (χ3n) is 2.05. The van der Waals surface area contributed by atoms with Crippen LogP contribution >= 0.6 is 0 Å². The standard InChI is InChI=1S/C10H19NO5/c1-6(5-16-3)4-8(13)11-9(7(2)12)10(14)15/h6-7,9,12H,4-5H2,1-3H3,(H,11,13)(H,14,15). The van der Waals surface area contributed by atoms with E-state index in [1.807, 2.05) is 6.92 Å². The molecule has 0 saturated carbocycles. The Morgan fingerprint density at radius 2 is 1.94 bits per heavy atom. The second-order valence-corrected chi connectivity index (χ2v) is 3.89. The van der Waals surface area contributed by atoms with E-state index in [9.17, 15) is 9.59 Å². The number of methoxy groups -OCH3 is 1. The van der Waals surface area contributed by atoms with Gasteiger partial charge in [-0.25, -0.2) is 4.79 Å². The fraction of sp³-hybridized carbons (Fsp3) is 0.800. The number of hydrogen-bond acceptors (Lipinski definition) is 4. The van der Waals surface area contributed by atoms with Gasteiger partial charge in [-0.3, -0.25) is 4.79 Å². The fourth-order valence-corrected chi connectivity index (χ4v) is 1.28. The molecule has 0 bridgehead atoms. The number of rotatable bonds is 7. The van der Waals surface area contributed by atoms with Gasteiger partial charge in [-0.05, 0) is 12.8 Å². The number of aliphatic hydroxyl groups excluding tert-OH is 1. The van der Waals surface area contributed by atoms with Crippen molar-refractivity contribution in [3.05, 3.63) is 0 Å². The molecule has 0 aliphatic carbocycles. The van der Waals surface area contributed by atoms with Crippen LogP contribution in [0.2, 0.25) is 0 Å². The molecule has 0 aliphatic rings. The van der Waals surface area contributed by atoms with Crippen LogP contribution in [0, 0.1) is 5.92 Å². The molecule has 1 amide bonds. The van der Waals surface area contributed by atoms with Gasteiger partial charge in [0.1, 0.15) is 0 Å². The molecule has 3 N–H and O–H groups in total. The molecule has 0 fully saturated rings. The maximum atomic E-state index is 11.4. The minimum absolute atomic E-state index is 0.00782. The van der Waals surface area contributed by atoms with Crippen LogP contribution in [0.4, 0.5) is 0 Å². The zero-order valence-corrected chi connectivity index (χ0v) is 9.77. The third-order valence-corrected chi connectivity index (χ3v) is 2.05. The van der Waals surface area contributed by atoms with E-state index in [4.69, 9.17) is 14.9 Å². The van der Waals surface area contributed by atoms with Gasteiger partial charge in [0.2, 0.25) is 5.91 Å². The number of carbonyl (C=O) groups excluding carboxylic acids is 1. The van der Waals surface area contributed by atoms with E-state index in [1.165, 1.54) is 14.0 Å². The van der Waals surface area contributed by atoms with Crippen LogP contribution in [-0.2, 0) is 14.3 Å². The van der Waals surface area contributed by atoms with Crippen molar-refractivity contribution >= 4 is 11.9 Å². The summed E-state index contributed by atoms with van der Waals surface area (Å²) in [5, 5.41) is 20.1. The first-order chi connectivity index (χ1) is 7.38. The van der Waals surface area contributed by atoms with Gasteiger partial charge in [-0.1, -0.05) is 6.92 Å². The molecule has 0 rings (SSSR count). The molecule has 6 nitrogen and oxygen atoms in total. The molecule has 0 aliphatic heterocycles. The van der Waals surface area contributed by atoms with E-state index in [1.54, 1.807) is 0 Å².